The summed E-state index contributed by atoms with van der Waals surface area (Å²) in [4.78, 5) is 5.02. The molecule has 0 atom stereocenters. The van der Waals surface area contributed by atoms with E-state index in [1.807, 2.05) is 0 Å². The number of methoxy groups -OCH3 is 1. The highest BCUT2D eigenvalue weighted by molar-refractivity contribution is 5.87. The van der Waals surface area contributed by atoms with Gasteiger partial charge in [0.2, 0.25) is 0 Å². The fraction of sp³-hybridized carbons (Fsp3) is 0.600. The Kier molecular flexibility index (Phi) is 5.47. The Bertz CT molecular complexity index is 684. The largest absolute Gasteiger partial charge is 0.497 e. The molecule has 1 aromatic heterocycles. The molecule has 1 fully saturated rings. The molecule has 4 nitrogen and oxygen atoms in total. The minimum atomic E-state index is 0.955. The molecule has 0 unspecified atom stereocenters. The Morgan fingerprint density at radius 3 is 2.54 bits per heavy atom. The molecule has 0 aliphatic carbocycles. The molecule has 0 radical (unpaired) electrons. The number of nitrogens with zero attached hydrogens (tertiary/aromatic N) is 3. The first-order valence-electron chi connectivity index (χ1n) is 9.20. The smallest absolute Gasteiger partial charge is 0.119 e. The molecule has 0 N–H and O–H groups in total. The third-order valence-electron chi connectivity index (χ3n) is 5.47. The van der Waals surface area contributed by atoms with E-state index in [0.717, 1.165) is 18.7 Å². The molecule has 0 amide bonds. The number of rotatable bonds is 6. The van der Waals surface area contributed by atoms with Crippen LogP contribution in [0.25, 0.3) is 10.9 Å². The summed E-state index contributed by atoms with van der Waals surface area (Å²) in [6.07, 6.45) is 2.37. The summed E-state index contributed by atoms with van der Waals surface area (Å²) in [5.74, 6) is 0.955. The highest BCUT2D eigenvalue weighted by Gasteiger charge is 2.16. The fourth-order valence-electron chi connectivity index (χ4n) is 3.93. The number of likely N-dealkylation sites (N-methyl/N-ethyl adjacent to an activating group) is 1. The van der Waals surface area contributed by atoms with Crippen LogP contribution in [-0.2, 0) is 13.0 Å². The van der Waals surface area contributed by atoms with Crippen LogP contribution in [-0.4, -0.2) is 61.2 Å². The highest BCUT2D eigenvalue weighted by Crippen LogP contribution is 2.30. The van der Waals surface area contributed by atoms with Crippen LogP contribution in [0.5, 0.6) is 5.75 Å². The van der Waals surface area contributed by atoms with Crippen molar-refractivity contribution in [1.29, 1.82) is 0 Å². The molecule has 24 heavy (non-hydrogen) atoms. The number of ether oxygens (including phenoxy) is 1. The van der Waals surface area contributed by atoms with Gasteiger partial charge < -0.3 is 19.1 Å². The van der Waals surface area contributed by atoms with Crippen molar-refractivity contribution >= 4 is 10.9 Å². The van der Waals surface area contributed by atoms with Crippen LogP contribution in [0.4, 0.5) is 0 Å². The molecule has 3 rings (SSSR count). The van der Waals surface area contributed by atoms with Crippen molar-refractivity contribution in [2.75, 3.05) is 46.9 Å². The van der Waals surface area contributed by atoms with Gasteiger partial charge in [0.25, 0.3) is 0 Å². The van der Waals surface area contributed by atoms with Crippen LogP contribution >= 0.6 is 0 Å². The lowest BCUT2D eigenvalue weighted by Crippen LogP contribution is -2.44. The molecule has 132 valence electrons. The van der Waals surface area contributed by atoms with E-state index in [1.54, 1.807) is 7.11 Å². The molecule has 0 spiro atoms. The molecule has 4 heteroatoms. The predicted octanol–water partition coefficient (Wildman–Crippen LogP) is 3.16. The zero-order valence-corrected chi connectivity index (χ0v) is 15.6. The Morgan fingerprint density at radius 1 is 1.12 bits per heavy atom. The van der Waals surface area contributed by atoms with Crippen molar-refractivity contribution in [3.05, 3.63) is 29.5 Å². The molecule has 0 saturated carbocycles. The molecule has 1 aliphatic heterocycles. The lowest BCUT2D eigenvalue weighted by molar-refractivity contribution is 0.153. The Labute approximate surface area is 146 Å². The van der Waals surface area contributed by atoms with Crippen molar-refractivity contribution < 1.29 is 4.74 Å². The van der Waals surface area contributed by atoms with Crippen molar-refractivity contribution in [2.45, 2.75) is 33.2 Å². The van der Waals surface area contributed by atoms with Crippen LogP contribution in [0.1, 0.15) is 24.6 Å². The van der Waals surface area contributed by atoms with Gasteiger partial charge in [0, 0.05) is 49.3 Å². The third kappa shape index (κ3) is 3.45. The Hall–Kier alpha value is -1.52. The number of benzene rings is 1. The second-order valence-electron chi connectivity index (χ2n) is 6.94. The minimum absolute atomic E-state index is 0.955. The predicted molar refractivity (Wildman–Crippen MR) is 101 cm³/mol. The minimum Gasteiger partial charge on any atom is -0.497 e. The molecule has 2 aromatic rings. The summed E-state index contributed by atoms with van der Waals surface area (Å²) in [5.41, 5.74) is 4.25. The van der Waals surface area contributed by atoms with Gasteiger partial charge in [-0.1, -0.05) is 0 Å². The van der Waals surface area contributed by atoms with Gasteiger partial charge in [0.15, 0.2) is 0 Å². The SMILES string of the molecule is CCn1c(C)c(CCCN2CCN(C)CC2)c2cc(OC)ccc21. The Morgan fingerprint density at radius 2 is 1.88 bits per heavy atom. The fourth-order valence-corrected chi connectivity index (χ4v) is 3.93. The second-order valence-corrected chi connectivity index (χ2v) is 6.94. The van der Waals surface area contributed by atoms with Gasteiger partial charge in [-0.25, -0.2) is 0 Å². The third-order valence-corrected chi connectivity index (χ3v) is 5.47. The first kappa shape index (κ1) is 17.3. The van der Waals surface area contributed by atoms with E-state index in [0.29, 0.717) is 0 Å². The summed E-state index contributed by atoms with van der Waals surface area (Å²) < 4.78 is 7.88. The molecule has 1 aromatic carbocycles. The monoisotopic (exact) mass is 329 g/mol. The number of hydrogen-bond donors (Lipinski definition) is 0. The quantitative estimate of drug-likeness (QED) is 0.812. The van der Waals surface area contributed by atoms with Crippen LogP contribution in [0.2, 0.25) is 0 Å². The number of piperazine rings is 1. The number of aryl methyl sites for hydroxylation is 2. The van der Waals surface area contributed by atoms with Gasteiger partial charge in [0.05, 0.1) is 7.11 Å². The van der Waals surface area contributed by atoms with Gasteiger partial charge in [-0.3, -0.25) is 0 Å². The van der Waals surface area contributed by atoms with Crippen molar-refractivity contribution in [2.24, 2.45) is 0 Å². The standard InChI is InChI=1S/C20H31N3O/c1-5-23-16(2)18(19-15-17(24-4)8-9-20(19)23)7-6-10-22-13-11-21(3)12-14-22/h8-9,15H,5-7,10-14H2,1-4H3. The zero-order chi connectivity index (χ0) is 17.1. The van der Waals surface area contributed by atoms with E-state index in [4.69, 9.17) is 4.74 Å². The lowest BCUT2D eigenvalue weighted by Gasteiger charge is -2.32. The topological polar surface area (TPSA) is 20.6 Å². The van der Waals surface area contributed by atoms with Crippen LogP contribution in [0.3, 0.4) is 0 Å². The summed E-state index contributed by atoms with van der Waals surface area (Å²) in [6, 6.07) is 6.48. The summed E-state index contributed by atoms with van der Waals surface area (Å²) in [6.45, 7) is 11.5. The van der Waals surface area contributed by atoms with E-state index < -0.39 is 0 Å². The van der Waals surface area contributed by atoms with E-state index in [9.17, 15) is 0 Å². The van der Waals surface area contributed by atoms with Crippen molar-refractivity contribution in [3.63, 3.8) is 0 Å². The maximum Gasteiger partial charge on any atom is 0.119 e. The maximum atomic E-state index is 5.45. The lowest BCUT2D eigenvalue weighted by atomic mass is 10.1. The number of hydrogen-bond acceptors (Lipinski definition) is 3. The maximum absolute atomic E-state index is 5.45. The molecular formula is C20H31N3O. The summed E-state index contributed by atoms with van der Waals surface area (Å²) >= 11 is 0. The second kappa shape index (κ2) is 7.58. The average molecular weight is 329 g/mol. The van der Waals surface area contributed by atoms with Gasteiger partial charge in [-0.05, 0) is 64.0 Å². The molecule has 0 bridgehead atoms. The molecular weight excluding hydrogens is 298 g/mol. The molecule has 1 aliphatic rings. The van der Waals surface area contributed by atoms with E-state index in [-0.39, 0.29) is 0 Å². The van der Waals surface area contributed by atoms with E-state index in [2.05, 4.69) is 53.5 Å². The van der Waals surface area contributed by atoms with Crippen LogP contribution in [0.15, 0.2) is 18.2 Å². The van der Waals surface area contributed by atoms with Gasteiger partial charge in [0.1, 0.15) is 5.75 Å². The van der Waals surface area contributed by atoms with Crippen molar-refractivity contribution in [1.82, 2.24) is 14.4 Å². The number of fused-ring (bicyclic) bond motifs is 1. The Balaban J connectivity index is 1.74. The van der Waals surface area contributed by atoms with Gasteiger partial charge >= 0.3 is 0 Å². The number of aromatic nitrogens is 1. The normalized spacial score (nSPS) is 16.8. The first-order chi connectivity index (χ1) is 11.6. The van der Waals surface area contributed by atoms with Crippen molar-refractivity contribution in [3.8, 4) is 5.75 Å². The van der Waals surface area contributed by atoms with Gasteiger partial charge in [-0.15, -0.1) is 0 Å². The van der Waals surface area contributed by atoms with Crippen LogP contribution in [0, 0.1) is 6.92 Å². The van der Waals surface area contributed by atoms with Crippen LogP contribution < -0.4 is 4.74 Å². The van der Waals surface area contributed by atoms with E-state index in [1.165, 1.54) is 61.3 Å². The zero-order valence-electron chi connectivity index (χ0n) is 15.6. The first-order valence-corrected chi connectivity index (χ1v) is 9.20. The van der Waals surface area contributed by atoms with E-state index >= 15 is 0 Å². The summed E-state index contributed by atoms with van der Waals surface area (Å²) in [5, 5.41) is 1.37. The van der Waals surface area contributed by atoms with Gasteiger partial charge in [-0.2, -0.15) is 0 Å². The highest BCUT2D eigenvalue weighted by atomic mass is 16.5. The average Bonchev–Trinajstić information content (AvgIpc) is 2.87. The molecule has 2 heterocycles. The molecule has 1 saturated heterocycles. The summed E-state index contributed by atoms with van der Waals surface area (Å²) in [7, 11) is 3.96.